The van der Waals surface area contributed by atoms with E-state index in [0.29, 0.717) is 60.7 Å². The number of benzene rings is 1. The molecule has 0 bridgehead atoms. The lowest BCUT2D eigenvalue weighted by Crippen LogP contribution is -2.45. The molecule has 2 N–H and O–H groups in total. The molecule has 0 saturated carbocycles. The summed E-state index contributed by atoms with van der Waals surface area (Å²) in [5.74, 6) is -0.661. The highest BCUT2D eigenvalue weighted by Gasteiger charge is 2.35. The molecule has 3 aliphatic rings. The first-order chi connectivity index (χ1) is 19.8. The van der Waals surface area contributed by atoms with Gasteiger partial charge in [-0.25, -0.2) is 18.7 Å². The van der Waals surface area contributed by atoms with Crippen molar-refractivity contribution >= 4 is 30.3 Å². The molecule has 3 fully saturated rings. The van der Waals surface area contributed by atoms with Crippen LogP contribution in [0.1, 0.15) is 65.0 Å². The maximum atomic E-state index is 14.5. The number of aromatic nitrogens is 4. The van der Waals surface area contributed by atoms with Crippen molar-refractivity contribution in [2.75, 3.05) is 49.6 Å². The molecule has 1 amide bonds. The largest absolute Gasteiger partial charge is 0.370 e. The second kappa shape index (κ2) is 12.4. The second-order valence-corrected chi connectivity index (χ2v) is 11.1. The smallest absolute Gasteiger partial charge is 0.324 e. The summed E-state index contributed by atoms with van der Waals surface area (Å²) in [6, 6.07) is 2.60. The first-order valence-corrected chi connectivity index (χ1v) is 14.0. The second-order valence-electron chi connectivity index (χ2n) is 11.1. The molecule has 0 radical (unpaired) electrons. The van der Waals surface area contributed by atoms with Gasteiger partial charge in [-0.15, -0.1) is 12.4 Å². The van der Waals surface area contributed by atoms with Crippen molar-refractivity contribution in [3.63, 3.8) is 0 Å². The molecule has 3 aromatic rings. The van der Waals surface area contributed by atoms with Crippen molar-refractivity contribution < 1.29 is 22.8 Å². The molecule has 0 unspecified atom stereocenters. The molecular weight excluding hydrogens is 570 g/mol. The standard InChI is InChI=1S/C28H34F2N8O3.ClH/c1-16-10-19(22(30)11-21(16)29)20-14-38(15-23(20)31)27-32-12-17(13-33-27)26(39)36(2)18-5-7-37(8-6-18)28-34-25(35-41-28)24-4-3-9-40-24;/h10-13,18,20,23-24H,3-9,14-15,31H2,1-2H3;1H/t20-,23+,24+;/m1./s1. The minimum absolute atomic E-state index is 0. The van der Waals surface area contributed by atoms with Gasteiger partial charge >= 0.3 is 6.01 Å². The SMILES string of the molecule is Cc1cc([C@H]2CN(c3ncc(C(=O)N(C)C4CCN(c5nc([C@@H]6CCCO6)no5)CC4)cn3)C[C@@H]2N)c(F)cc1F.Cl. The number of anilines is 2. The molecule has 3 atom stereocenters. The number of carbonyl (C=O) groups excluding carboxylic acids is 1. The summed E-state index contributed by atoms with van der Waals surface area (Å²) in [6.07, 6.45) is 6.36. The third kappa shape index (κ3) is 5.90. The summed E-state index contributed by atoms with van der Waals surface area (Å²) in [4.78, 5) is 32.3. The van der Waals surface area contributed by atoms with Crippen LogP contribution in [0.3, 0.4) is 0 Å². The van der Waals surface area contributed by atoms with Gasteiger partial charge in [0, 0.05) is 76.3 Å². The van der Waals surface area contributed by atoms with Gasteiger partial charge in [0.2, 0.25) is 11.8 Å². The number of ether oxygens (including phenoxy) is 1. The topological polar surface area (TPSA) is 127 Å². The van der Waals surface area contributed by atoms with Crippen molar-refractivity contribution in [1.82, 2.24) is 25.0 Å². The molecule has 5 heterocycles. The van der Waals surface area contributed by atoms with Crippen LogP contribution in [0.2, 0.25) is 0 Å². The number of nitrogens with zero attached hydrogens (tertiary/aromatic N) is 7. The summed E-state index contributed by atoms with van der Waals surface area (Å²) in [7, 11) is 1.79. The third-order valence-corrected chi connectivity index (χ3v) is 8.46. The first-order valence-electron chi connectivity index (χ1n) is 14.0. The van der Waals surface area contributed by atoms with Crippen molar-refractivity contribution in [1.29, 1.82) is 0 Å². The van der Waals surface area contributed by atoms with Gasteiger partial charge < -0.3 is 29.7 Å². The minimum atomic E-state index is -0.605. The van der Waals surface area contributed by atoms with Gasteiger partial charge in [0.05, 0.1) is 5.56 Å². The summed E-state index contributed by atoms with van der Waals surface area (Å²) in [5.41, 5.74) is 7.48. The van der Waals surface area contributed by atoms with E-state index >= 15 is 0 Å². The number of hydrogen-bond donors (Lipinski definition) is 1. The molecule has 226 valence electrons. The fourth-order valence-corrected chi connectivity index (χ4v) is 5.96. The normalized spacial score (nSPS) is 22.8. The first kappa shape index (κ1) is 30.1. The Hall–Kier alpha value is -3.42. The van der Waals surface area contributed by atoms with Crippen LogP contribution in [0.4, 0.5) is 20.7 Å². The monoisotopic (exact) mass is 604 g/mol. The Labute approximate surface area is 248 Å². The quantitative estimate of drug-likeness (QED) is 0.447. The molecule has 14 heteroatoms. The van der Waals surface area contributed by atoms with E-state index in [2.05, 4.69) is 20.1 Å². The van der Waals surface area contributed by atoms with Gasteiger partial charge in [0.1, 0.15) is 17.7 Å². The van der Waals surface area contributed by atoms with Crippen LogP contribution in [-0.2, 0) is 4.74 Å². The number of amides is 1. The predicted molar refractivity (Wildman–Crippen MR) is 153 cm³/mol. The number of halogens is 3. The van der Waals surface area contributed by atoms with Gasteiger partial charge in [-0.1, -0.05) is 5.16 Å². The molecule has 1 aromatic carbocycles. The van der Waals surface area contributed by atoms with E-state index in [1.807, 2.05) is 9.80 Å². The highest BCUT2D eigenvalue weighted by atomic mass is 35.5. The summed E-state index contributed by atoms with van der Waals surface area (Å²) in [6.45, 7) is 4.52. The van der Waals surface area contributed by atoms with Gasteiger partial charge in [-0.3, -0.25) is 4.79 Å². The predicted octanol–water partition coefficient (Wildman–Crippen LogP) is 3.39. The van der Waals surface area contributed by atoms with Crippen LogP contribution in [0.25, 0.3) is 0 Å². The molecular formula is C28H35ClF2N8O3. The van der Waals surface area contributed by atoms with Gasteiger partial charge in [-0.05, 0) is 49.8 Å². The molecule has 6 rings (SSSR count). The highest BCUT2D eigenvalue weighted by Crippen LogP contribution is 2.32. The van der Waals surface area contributed by atoms with Crippen molar-refractivity contribution in [3.8, 4) is 0 Å². The molecule has 0 spiro atoms. The van der Waals surface area contributed by atoms with E-state index in [1.54, 1.807) is 18.9 Å². The molecule has 42 heavy (non-hydrogen) atoms. The van der Waals surface area contributed by atoms with Crippen LogP contribution in [0.15, 0.2) is 29.0 Å². The van der Waals surface area contributed by atoms with E-state index < -0.39 is 11.6 Å². The number of piperidine rings is 1. The lowest BCUT2D eigenvalue weighted by Gasteiger charge is -2.35. The van der Waals surface area contributed by atoms with Crippen LogP contribution in [0.5, 0.6) is 0 Å². The fourth-order valence-electron chi connectivity index (χ4n) is 5.96. The van der Waals surface area contributed by atoms with E-state index in [4.69, 9.17) is 15.0 Å². The number of hydrogen-bond acceptors (Lipinski definition) is 10. The molecule has 2 aromatic heterocycles. The van der Waals surface area contributed by atoms with Gasteiger partial charge in [-0.2, -0.15) is 4.98 Å². The zero-order chi connectivity index (χ0) is 28.7. The fraction of sp³-hybridized carbons (Fsp3) is 0.536. The minimum Gasteiger partial charge on any atom is -0.370 e. The molecule has 3 saturated heterocycles. The van der Waals surface area contributed by atoms with E-state index in [0.717, 1.165) is 38.4 Å². The highest BCUT2D eigenvalue weighted by molar-refractivity contribution is 5.93. The van der Waals surface area contributed by atoms with Crippen LogP contribution >= 0.6 is 12.4 Å². The lowest BCUT2D eigenvalue weighted by atomic mass is 9.93. The Bertz CT molecular complexity index is 1400. The number of aryl methyl sites for hydroxylation is 1. The summed E-state index contributed by atoms with van der Waals surface area (Å²) in [5, 5.41) is 4.09. The van der Waals surface area contributed by atoms with Crippen LogP contribution in [0, 0.1) is 18.6 Å². The lowest BCUT2D eigenvalue weighted by molar-refractivity contribution is 0.0707. The van der Waals surface area contributed by atoms with E-state index in [-0.39, 0.29) is 42.4 Å². The molecule has 3 aliphatic heterocycles. The zero-order valence-corrected chi connectivity index (χ0v) is 24.4. The maximum absolute atomic E-state index is 14.5. The Morgan fingerprint density at radius 2 is 1.81 bits per heavy atom. The Kier molecular flexibility index (Phi) is 8.90. The number of carbonyl (C=O) groups is 1. The van der Waals surface area contributed by atoms with E-state index in [1.165, 1.54) is 18.5 Å². The Morgan fingerprint density at radius 3 is 2.50 bits per heavy atom. The zero-order valence-electron chi connectivity index (χ0n) is 23.6. The van der Waals surface area contributed by atoms with Crippen molar-refractivity contribution in [2.45, 2.75) is 56.7 Å². The Morgan fingerprint density at radius 1 is 1.07 bits per heavy atom. The average Bonchev–Trinajstić information content (AvgIpc) is 3.76. The number of rotatable bonds is 6. The van der Waals surface area contributed by atoms with Gasteiger partial charge in [0.15, 0.2) is 0 Å². The van der Waals surface area contributed by atoms with Crippen molar-refractivity contribution in [2.24, 2.45) is 5.73 Å². The summed E-state index contributed by atoms with van der Waals surface area (Å²) >= 11 is 0. The number of nitrogens with two attached hydrogens (primary N) is 1. The Balaban J connectivity index is 0.00000353. The molecule has 0 aliphatic carbocycles. The van der Waals surface area contributed by atoms with Gasteiger partial charge in [0.25, 0.3) is 5.91 Å². The van der Waals surface area contributed by atoms with E-state index in [9.17, 15) is 13.6 Å². The average molecular weight is 605 g/mol. The van der Waals surface area contributed by atoms with Crippen LogP contribution < -0.4 is 15.5 Å². The maximum Gasteiger partial charge on any atom is 0.324 e. The van der Waals surface area contributed by atoms with Crippen molar-refractivity contribution in [3.05, 3.63) is 58.7 Å². The van der Waals surface area contributed by atoms with Crippen LogP contribution in [-0.4, -0.2) is 82.8 Å². The third-order valence-electron chi connectivity index (χ3n) is 8.46. The summed E-state index contributed by atoms with van der Waals surface area (Å²) < 4.78 is 39.4. The molecule has 11 nitrogen and oxygen atoms in total.